The first-order valence-corrected chi connectivity index (χ1v) is 8.43. The monoisotopic (exact) mass is 369 g/mol. The second-order valence-corrected chi connectivity index (χ2v) is 6.64. The number of thioether (sulfide) groups is 1. The van der Waals surface area contributed by atoms with E-state index in [1.807, 2.05) is 0 Å². The second kappa shape index (κ2) is 6.55. The van der Waals surface area contributed by atoms with Crippen LogP contribution in [0, 0.1) is 6.92 Å². The molecule has 132 valence electrons. The average molecular weight is 369 g/mol. The van der Waals surface area contributed by atoms with Crippen molar-refractivity contribution < 1.29 is 18.0 Å². The first kappa shape index (κ1) is 17.5. The van der Waals surface area contributed by atoms with Crippen molar-refractivity contribution in [1.29, 1.82) is 0 Å². The Labute approximate surface area is 145 Å². The van der Waals surface area contributed by atoms with E-state index in [2.05, 4.69) is 10.3 Å². The van der Waals surface area contributed by atoms with Gasteiger partial charge >= 0.3 is 6.18 Å². The summed E-state index contributed by atoms with van der Waals surface area (Å²) in [4.78, 5) is 28.6. The topological polar surface area (TPSA) is 64.0 Å². The highest BCUT2D eigenvalue weighted by molar-refractivity contribution is 7.99. The van der Waals surface area contributed by atoms with Gasteiger partial charge in [-0.15, -0.1) is 0 Å². The molecule has 3 rings (SSSR count). The van der Waals surface area contributed by atoms with Crippen LogP contribution in [0.3, 0.4) is 0 Å². The Morgan fingerprint density at radius 3 is 2.84 bits per heavy atom. The third-order valence-electron chi connectivity index (χ3n) is 3.75. The lowest BCUT2D eigenvalue weighted by Crippen LogP contribution is -2.27. The maximum absolute atomic E-state index is 13.0. The number of carbonyl (C=O) groups is 1. The molecule has 0 saturated heterocycles. The second-order valence-electron chi connectivity index (χ2n) is 5.65. The van der Waals surface area contributed by atoms with Gasteiger partial charge in [0.2, 0.25) is 5.91 Å². The van der Waals surface area contributed by atoms with Gasteiger partial charge in [0.05, 0.1) is 17.3 Å². The predicted octanol–water partition coefficient (Wildman–Crippen LogP) is 3.25. The lowest BCUT2D eigenvalue weighted by atomic mass is 10.1. The minimum Gasteiger partial charge on any atom is -0.325 e. The number of amides is 1. The number of para-hydroxylation sites is 1. The molecule has 0 aliphatic carbocycles. The fraction of sp³-hybridized carbons (Fsp3) is 0.312. The number of carbonyl (C=O) groups excluding carboxylic acids is 1. The van der Waals surface area contributed by atoms with Crippen LogP contribution < -0.4 is 10.9 Å². The van der Waals surface area contributed by atoms with E-state index in [1.54, 1.807) is 6.92 Å². The van der Waals surface area contributed by atoms with Crippen molar-refractivity contribution >= 4 is 23.4 Å². The van der Waals surface area contributed by atoms with E-state index < -0.39 is 23.7 Å². The van der Waals surface area contributed by atoms with Crippen LogP contribution in [0.4, 0.5) is 18.9 Å². The number of aryl methyl sites for hydroxylation is 1. The maximum atomic E-state index is 13.0. The Morgan fingerprint density at radius 2 is 2.12 bits per heavy atom. The number of alkyl halides is 3. The summed E-state index contributed by atoms with van der Waals surface area (Å²) in [5.41, 5.74) is -0.867. The van der Waals surface area contributed by atoms with Crippen molar-refractivity contribution in [3.05, 3.63) is 51.9 Å². The fourth-order valence-corrected chi connectivity index (χ4v) is 3.86. The van der Waals surface area contributed by atoms with Gasteiger partial charge in [-0.25, -0.2) is 4.98 Å². The van der Waals surface area contributed by atoms with Gasteiger partial charge in [-0.2, -0.15) is 13.2 Å². The van der Waals surface area contributed by atoms with Crippen LogP contribution in [0.2, 0.25) is 0 Å². The summed E-state index contributed by atoms with van der Waals surface area (Å²) >= 11 is 1.35. The third kappa shape index (κ3) is 3.71. The zero-order chi connectivity index (χ0) is 18.2. The normalized spacial score (nSPS) is 16.6. The van der Waals surface area contributed by atoms with Gasteiger partial charge in [-0.05, 0) is 19.1 Å². The molecule has 1 atom stereocenters. The molecule has 0 bridgehead atoms. The van der Waals surface area contributed by atoms with Crippen LogP contribution >= 0.6 is 11.8 Å². The van der Waals surface area contributed by atoms with E-state index in [0.29, 0.717) is 16.6 Å². The van der Waals surface area contributed by atoms with Crippen molar-refractivity contribution in [2.75, 3.05) is 11.1 Å². The molecule has 9 heteroatoms. The van der Waals surface area contributed by atoms with E-state index in [4.69, 9.17) is 0 Å². The molecule has 0 saturated carbocycles. The van der Waals surface area contributed by atoms with Gasteiger partial charge in [0.1, 0.15) is 0 Å². The zero-order valence-corrected chi connectivity index (χ0v) is 13.9. The van der Waals surface area contributed by atoms with Crippen molar-refractivity contribution in [2.45, 2.75) is 30.7 Å². The number of nitrogens with one attached hydrogen (secondary N) is 1. The zero-order valence-electron chi connectivity index (χ0n) is 13.1. The molecule has 0 radical (unpaired) electrons. The molecule has 1 aromatic carbocycles. The Bertz CT molecular complexity index is 880. The number of rotatable bonds is 3. The molecule has 2 aromatic rings. The SMILES string of the molecule is Cc1cc(=O)n2c(n1)SCC2CC(=O)Nc1ccccc1C(F)(F)F. The molecule has 1 aliphatic rings. The van der Waals surface area contributed by atoms with Crippen LogP contribution in [-0.4, -0.2) is 21.2 Å². The molecular formula is C16H14F3N3O2S. The molecule has 25 heavy (non-hydrogen) atoms. The number of anilines is 1. The number of halogens is 3. The molecule has 0 fully saturated rings. The number of aromatic nitrogens is 2. The molecule has 1 amide bonds. The summed E-state index contributed by atoms with van der Waals surface area (Å²) in [6.45, 7) is 1.71. The summed E-state index contributed by atoms with van der Waals surface area (Å²) < 4.78 is 40.4. The van der Waals surface area contributed by atoms with Gasteiger partial charge < -0.3 is 5.32 Å². The summed E-state index contributed by atoms with van der Waals surface area (Å²) in [5, 5.41) is 2.83. The van der Waals surface area contributed by atoms with Crippen LogP contribution in [0.25, 0.3) is 0 Å². The van der Waals surface area contributed by atoms with E-state index in [-0.39, 0.29) is 17.7 Å². The first-order valence-electron chi connectivity index (χ1n) is 7.45. The number of nitrogens with zero attached hydrogens (tertiary/aromatic N) is 2. The standard InChI is InChI=1S/C16H14F3N3O2S/c1-9-6-14(24)22-10(8-25-15(22)20-9)7-13(23)21-12-5-3-2-4-11(12)16(17,18)19/h2-6,10H,7-8H2,1H3,(H,21,23). The predicted molar refractivity (Wildman–Crippen MR) is 87.7 cm³/mol. The molecule has 1 aliphatic heterocycles. The highest BCUT2D eigenvalue weighted by atomic mass is 32.2. The summed E-state index contributed by atoms with van der Waals surface area (Å²) in [6, 6.07) is 5.74. The van der Waals surface area contributed by atoms with Crippen LogP contribution in [-0.2, 0) is 11.0 Å². The largest absolute Gasteiger partial charge is 0.418 e. The summed E-state index contributed by atoms with van der Waals surface area (Å²) in [6.07, 6.45) is -4.66. The Balaban J connectivity index is 1.78. The van der Waals surface area contributed by atoms with Crippen molar-refractivity contribution in [2.24, 2.45) is 0 Å². The van der Waals surface area contributed by atoms with Crippen molar-refractivity contribution in [3.63, 3.8) is 0 Å². The Kier molecular flexibility index (Phi) is 4.59. The lowest BCUT2D eigenvalue weighted by molar-refractivity contribution is -0.137. The molecular weight excluding hydrogens is 355 g/mol. The van der Waals surface area contributed by atoms with Crippen LogP contribution in [0.5, 0.6) is 0 Å². The molecule has 1 N–H and O–H groups in total. The summed E-state index contributed by atoms with van der Waals surface area (Å²) in [7, 11) is 0. The number of benzene rings is 1. The lowest BCUT2D eigenvalue weighted by Gasteiger charge is -2.16. The fourth-order valence-electron chi connectivity index (χ4n) is 2.67. The Morgan fingerprint density at radius 1 is 1.40 bits per heavy atom. The Hall–Kier alpha value is -2.29. The number of hydrogen-bond acceptors (Lipinski definition) is 4. The van der Waals surface area contributed by atoms with E-state index in [0.717, 1.165) is 6.07 Å². The van der Waals surface area contributed by atoms with Gasteiger partial charge in [0.15, 0.2) is 5.16 Å². The highest BCUT2D eigenvalue weighted by Crippen LogP contribution is 2.35. The molecule has 1 aromatic heterocycles. The van der Waals surface area contributed by atoms with Crippen molar-refractivity contribution in [1.82, 2.24) is 9.55 Å². The molecule has 1 unspecified atom stereocenters. The van der Waals surface area contributed by atoms with E-state index in [1.165, 1.54) is 40.6 Å². The van der Waals surface area contributed by atoms with E-state index >= 15 is 0 Å². The van der Waals surface area contributed by atoms with Crippen LogP contribution in [0.1, 0.15) is 23.7 Å². The number of fused-ring (bicyclic) bond motifs is 1. The third-order valence-corrected chi connectivity index (χ3v) is 4.84. The van der Waals surface area contributed by atoms with Gasteiger partial charge in [0, 0.05) is 23.9 Å². The molecule has 5 nitrogen and oxygen atoms in total. The summed E-state index contributed by atoms with van der Waals surface area (Å²) in [5.74, 6) is -0.109. The minimum atomic E-state index is -4.56. The van der Waals surface area contributed by atoms with Gasteiger partial charge in [-0.1, -0.05) is 23.9 Å². The van der Waals surface area contributed by atoms with Gasteiger partial charge in [-0.3, -0.25) is 14.2 Å². The minimum absolute atomic E-state index is 0.100. The maximum Gasteiger partial charge on any atom is 0.418 e. The van der Waals surface area contributed by atoms with Crippen molar-refractivity contribution in [3.8, 4) is 0 Å². The quantitative estimate of drug-likeness (QED) is 0.844. The smallest absolute Gasteiger partial charge is 0.325 e. The number of hydrogen-bond donors (Lipinski definition) is 1. The van der Waals surface area contributed by atoms with E-state index in [9.17, 15) is 22.8 Å². The molecule has 2 heterocycles. The average Bonchev–Trinajstić information content (AvgIpc) is 2.89. The van der Waals surface area contributed by atoms with Gasteiger partial charge in [0.25, 0.3) is 5.56 Å². The highest BCUT2D eigenvalue weighted by Gasteiger charge is 2.34. The molecule has 0 spiro atoms. The first-order chi connectivity index (χ1) is 11.8. The van der Waals surface area contributed by atoms with Crippen LogP contribution in [0.15, 0.2) is 40.3 Å².